The minimum atomic E-state index is -0.257. The summed E-state index contributed by atoms with van der Waals surface area (Å²) in [6.07, 6.45) is 0.131. The van der Waals surface area contributed by atoms with E-state index in [2.05, 4.69) is 10.6 Å². The van der Waals surface area contributed by atoms with Gasteiger partial charge in [0.15, 0.2) is 0 Å². The van der Waals surface area contributed by atoms with Crippen LogP contribution >= 0.6 is 0 Å². The first kappa shape index (κ1) is 20.2. The Hall–Kier alpha value is -3.15. The SMILES string of the molecule is Cc1cccc(NC(=O)CN(C)C(=O)CCNC(=O)c2ccccc2)c1C. The second-order valence-electron chi connectivity index (χ2n) is 6.42. The van der Waals surface area contributed by atoms with E-state index in [0.29, 0.717) is 5.56 Å². The number of carbonyl (C=O) groups excluding carboxylic acids is 3. The molecule has 0 aliphatic heterocycles. The summed E-state index contributed by atoms with van der Waals surface area (Å²) in [5.41, 5.74) is 3.39. The van der Waals surface area contributed by atoms with E-state index < -0.39 is 0 Å². The van der Waals surface area contributed by atoms with E-state index in [9.17, 15) is 14.4 Å². The summed E-state index contributed by atoms with van der Waals surface area (Å²) in [5.74, 6) is -0.689. The van der Waals surface area contributed by atoms with Crippen molar-refractivity contribution in [3.63, 3.8) is 0 Å². The number of anilines is 1. The van der Waals surface area contributed by atoms with Crippen LogP contribution in [0.5, 0.6) is 0 Å². The summed E-state index contributed by atoms with van der Waals surface area (Å²) >= 11 is 0. The highest BCUT2D eigenvalue weighted by atomic mass is 16.2. The molecule has 3 amide bonds. The lowest BCUT2D eigenvalue weighted by atomic mass is 10.1. The minimum Gasteiger partial charge on any atom is -0.352 e. The molecule has 2 aromatic rings. The summed E-state index contributed by atoms with van der Waals surface area (Å²) in [4.78, 5) is 37.6. The zero-order valence-electron chi connectivity index (χ0n) is 15.9. The molecular weight excluding hydrogens is 342 g/mol. The van der Waals surface area contributed by atoms with Crippen LogP contribution in [0.15, 0.2) is 48.5 Å². The first-order valence-corrected chi connectivity index (χ1v) is 8.81. The van der Waals surface area contributed by atoms with Gasteiger partial charge in [-0.3, -0.25) is 14.4 Å². The Kier molecular flexibility index (Phi) is 7.11. The number of aryl methyl sites for hydroxylation is 1. The van der Waals surface area contributed by atoms with Crippen molar-refractivity contribution >= 4 is 23.4 Å². The van der Waals surface area contributed by atoms with Crippen LogP contribution in [0.25, 0.3) is 0 Å². The third-order valence-corrected chi connectivity index (χ3v) is 4.35. The van der Waals surface area contributed by atoms with Gasteiger partial charge in [0.05, 0.1) is 6.54 Å². The summed E-state index contributed by atoms with van der Waals surface area (Å²) in [7, 11) is 1.57. The monoisotopic (exact) mass is 367 g/mol. The average Bonchev–Trinajstić information content (AvgIpc) is 2.65. The summed E-state index contributed by atoms with van der Waals surface area (Å²) in [6, 6.07) is 14.5. The van der Waals surface area contributed by atoms with E-state index in [1.54, 1.807) is 31.3 Å². The Morgan fingerprint density at radius 1 is 0.963 bits per heavy atom. The molecule has 0 aromatic heterocycles. The second kappa shape index (κ2) is 9.52. The molecule has 0 heterocycles. The van der Waals surface area contributed by atoms with Gasteiger partial charge in [0.25, 0.3) is 5.91 Å². The molecule has 0 spiro atoms. The van der Waals surface area contributed by atoms with Crippen LogP contribution in [-0.4, -0.2) is 42.8 Å². The topological polar surface area (TPSA) is 78.5 Å². The molecule has 0 aliphatic rings. The molecule has 2 N–H and O–H groups in total. The number of carbonyl (C=O) groups is 3. The molecule has 0 radical (unpaired) electrons. The van der Waals surface area contributed by atoms with Crippen LogP contribution in [0.4, 0.5) is 5.69 Å². The predicted octanol–water partition coefficient (Wildman–Crippen LogP) is 2.52. The van der Waals surface area contributed by atoms with Crippen molar-refractivity contribution in [1.29, 1.82) is 0 Å². The number of amides is 3. The lowest BCUT2D eigenvalue weighted by Crippen LogP contribution is -2.37. The van der Waals surface area contributed by atoms with Crippen LogP contribution in [0, 0.1) is 13.8 Å². The fourth-order valence-corrected chi connectivity index (χ4v) is 2.55. The maximum Gasteiger partial charge on any atom is 0.251 e. The molecule has 0 unspecified atom stereocenters. The number of hydrogen-bond acceptors (Lipinski definition) is 3. The third-order valence-electron chi connectivity index (χ3n) is 4.35. The van der Waals surface area contributed by atoms with Crippen LogP contribution < -0.4 is 10.6 Å². The van der Waals surface area contributed by atoms with Gasteiger partial charge in [-0.25, -0.2) is 0 Å². The molecular formula is C21H25N3O3. The first-order chi connectivity index (χ1) is 12.9. The van der Waals surface area contributed by atoms with Crippen molar-refractivity contribution in [3.8, 4) is 0 Å². The number of rotatable bonds is 7. The highest BCUT2D eigenvalue weighted by Crippen LogP contribution is 2.17. The lowest BCUT2D eigenvalue weighted by Gasteiger charge is -2.18. The smallest absolute Gasteiger partial charge is 0.251 e. The zero-order chi connectivity index (χ0) is 19.8. The average molecular weight is 367 g/mol. The summed E-state index contributed by atoms with van der Waals surface area (Å²) < 4.78 is 0. The molecule has 27 heavy (non-hydrogen) atoms. The standard InChI is InChI=1S/C21H25N3O3/c1-15-8-7-11-18(16(15)2)23-19(25)14-24(3)20(26)12-13-22-21(27)17-9-5-4-6-10-17/h4-11H,12-14H2,1-3H3,(H,22,27)(H,23,25). The van der Waals surface area contributed by atoms with Crippen molar-refractivity contribution in [3.05, 3.63) is 65.2 Å². The Labute approximate surface area is 159 Å². The van der Waals surface area contributed by atoms with Crippen LogP contribution in [0.3, 0.4) is 0 Å². The van der Waals surface area contributed by atoms with Crippen LogP contribution in [0.1, 0.15) is 27.9 Å². The van der Waals surface area contributed by atoms with Gasteiger partial charge in [-0.05, 0) is 43.2 Å². The number of likely N-dealkylation sites (N-methyl/N-ethyl adjacent to an activating group) is 1. The molecule has 0 saturated heterocycles. The van der Waals surface area contributed by atoms with E-state index in [1.807, 2.05) is 38.1 Å². The highest BCUT2D eigenvalue weighted by molar-refractivity contribution is 5.96. The highest BCUT2D eigenvalue weighted by Gasteiger charge is 2.14. The Bertz CT molecular complexity index is 819. The van der Waals surface area contributed by atoms with Gasteiger partial charge >= 0.3 is 0 Å². The molecule has 0 saturated carbocycles. The van der Waals surface area contributed by atoms with Gasteiger partial charge in [0, 0.05) is 31.3 Å². The molecule has 0 fully saturated rings. The van der Waals surface area contributed by atoms with E-state index in [4.69, 9.17) is 0 Å². The van der Waals surface area contributed by atoms with Crippen molar-refractivity contribution < 1.29 is 14.4 Å². The molecule has 6 heteroatoms. The quantitative estimate of drug-likeness (QED) is 0.789. The number of nitrogens with one attached hydrogen (secondary N) is 2. The van der Waals surface area contributed by atoms with Crippen molar-refractivity contribution in [1.82, 2.24) is 10.2 Å². The van der Waals surface area contributed by atoms with E-state index in [1.165, 1.54) is 4.90 Å². The Morgan fingerprint density at radius 3 is 2.37 bits per heavy atom. The fraction of sp³-hybridized carbons (Fsp3) is 0.286. The van der Waals surface area contributed by atoms with Crippen molar-refractivity contribution in [2.75, 3.05) is 25.5 Å². The molecule has 142 valence electrons. The van der Waals surface area contributed by atoms with Crippen LogP contribution in [-0.2, 0) is 9.59 Å². The molecule has 6 nitrogen and oxygen atoms in total. The molecule has 2 rings (SSSR count). The van der Waals surface area contributed by atoms with Gasteiger partial charge in [0.2, 0.25) is 11.8 Å². The van der Waals surface area contributed by atoms with Crippen molar-refractivity contribution in [2.45, 2.75) is 20.3 Å². The Morgan fingerprint density at radius 2 is 1.67 bits per heavy atom. The third kappa shape index (κ3) is 5.95. The zero-order valence-corrected chi connectivity index (χ0v) is 15.9. The largest absolute Gasteiger partial charge is 0.352 e. The number of benzene rings is 2. The number of hydrogen-bond donors (Lipinski definition) is 2. The molecule has 0 aliphatic carbocycles. The van der Waals surface area contributed by atoms with Gasteiger partial charge < -0.3 is 15.5 Å². The normalized spacial score (nSPS) is 10.2. The minimum absolute atomic E-state index is 0.0428. The van der Waals surface area contributed by atoms with Gasteiger partial charge in [-0.15, -0.1) is 0 Å². The van der Waals surface area contributed by atoms with Gasteiger partial charge in [-0.1, -0.05) is 30.3 Å². The molecule has 0 atom stereocenters. The Balaban J connectivity index is 1.77. The lowest BCUT2D eigenvalue weighted by molar-refractivity contribution is -0.133. The maximum atomic E-state index is 12.2. The summed E-state index contributed by atoms with van der Waals surface area (Å²) in [6.45, 7) is 4.09. The number of nitrogens with zero attached hydrogens (tertiary/aromatic N) is 1. The van der Waals surface area contributed by atoms with Gasteiger partial charge in [0.1, 0.15) is 0 Å². The second-order valence-corrected chi connectivity index (χ2v) is 6.42. The van der Waals surface area contributed by atoms with Crippen LogP contribution in [0.2, 0.25) is 0 Å². The van der Waals surface area contributed by atoms with E-state index in [0.717, 1.165) is 16.8 Å². The predicted molar refractivity (Wildman–Crippen MR) is 106 cm³/mol. The molecule has 0 bridgehead atoms. The van der Waals surface area contributed by atoms with Crippen molar-refractivity contribution in [2.24, 2.45) is 0 Å². The fourth-order valence-electron chi connectivity index (χ4n) is 2.55. The van der Waals surface area contributed by atoms with E-state index >= 15 is 0 Å². The first-order valence-electron chi connectivity index (χ1n) is 8.81. The van der Waals surface area contributed by atoms with Gasteiger partial charge in [-0.2, -0.15) is 0 Å². The summed E-state index contributed by atoms with van der Waals surface area (Å²) in [5, 5.41) is 5.53. The van der Waals surface area contributed by atoms with E-state index in [-0.39, 0.29) is 37.2 Å². The maximum absolute atomic E-state index is 12.2. The molecule has 2 aromatic carbocycles.